The Kier molecular flexibility index (Phi) is 8.36. The smallest absolute Gasteiger partial charge is 0.259 e. The molecule has 0 aromatic heterocycles. The van der Waals surface area contributed by atoms with Gasteiger partial charge < -0.3 is 19.5 Å². The molecule has 0 radical (unpaired) electrons. The summed E-state index contributed by atoms with van der Waals surface area (Å²) in [6.07, 6.45) is 1.70. The zero-order valence-corrected chi connectivity index (χ0v) is 20.0. The molecular weight excluding hydrogens is 468 g/mol. The van der Waals surface area contributed by atoms with Crippen molar-refractivity contribution in [3.63, 3.8) is 0 Å². The number of anilines is 1. The monoisotopic (exact) mass is 496 g/mol. The van der Waals surface area contributed by atoms with Crippen LogP contribution in [0.1, 0.15) is 23.2 Å². The van der Waals surface area contributed by atoms with Gasteiger partial charge in [0.1, 0.15) is 24.7 Å². The van der Waals surface area contributed by atoms with E-state index in [2.05, 4.69) is 10.0 Å². The van der Waals surface area contributed by atoms with Crippen molar-refractivity contribution >= 4 is 21.6 Å². The molecular formula is C26H28N2O6S. The second kappa shape index (κ2) is 11.8. The van der Waals surface area contributed by atoms with E-state index in [9.17, 15) is 13.2 Å². The maximum atomic E-state index is 12.9. The fourth-order valence-electron chi connectivity index (χ4n) is 3.62. The van der Waals surface area contributed by atoms with Gasteiger partial charge in [0.05, 0.1) is 16.6 Å². The van der Waals surface area contributed by atoms with Gasteiger partial charge in [-0.3, -0.25) is 4.79 Å². The van der Waals surface area contributed by atoms with E-state index in [1.807, 2.05) is 30.3 Å². The maximum absolute atomic E-state index is 12.9. The van der Waals surface area contributed by atoms with E-state index < -0.39 is 10.0 Å². The van der Waals surface area contributed by atoms with Crippen LogP contribution in [0.15, 0.2) is 83.8 Å². The summed E-state index contributed by atoms with van der Waals surface area (Å²) in [5.74, 6) is 0.811. The molecule has 35 heavy (non-hydrogen) atoms. The standard InChI is InChI=1S/C26H28N2O6S/c29-26(24-10-4-5-11-25(24)34-18-17-33-21-7-2-1-3-8-21)28-20-12-14-23(15-13-20)35(30,31)27-19-22-9-6-16-32-22/h1-5,7-8,10-15,22,27H,6,9,16-19H2,(H,28,29). The van der Waals surface area contributed by atoms with Crippen LogP contribution in [0.5, 0.6) is 11.5 Å². The van der Waals surface area contributed by atoms with Gasteiger partial charge in [-0.2, -0.15) is 0 Å². The molecule has 1 aliphatic rings. The predicted octanol–water partition coefficient (Wildman–Crippen LogP) is 3.85. The van der Waals surface area contributed by atoms with Crippen molar-refractivity contribution in [2.75, 3.05) is 31.7 Å². The fourth-order valence-corrected chi connectivity index (χ4v) is 4.68. The minimum absolute atomic E-state index is 0.0875. The summed E-state index contributed by atoms with van der Waals surface area (Å²) >= 11 is 0. The van der Waals surface area contributed by atoms with E-state index in [0.29, 0.717) is 30.2 Å². The van der Waals surface area contributed by atoms with Crippen molar-refractivity contribution in [3.8, 4) is 11.5 Å². The summed E-state index contributed by atoms with van der Waals surface area (Å²) in [7, 11) is -3.66. The number of amides is 1. The SMILES string of the molecule is O=C(Nc1ccc(S(=O)(=O)NCC2CCCO2)cc1)c1ccccc1OCCOc1ccccc1. The molecule has 4 rings (SSSR count). The van der Waals surface area contributed by atoms with E-state index in [-0.39, 0.29) is 30.1 Å². The molecule has 9 heteroatoms. The number of benzene rings is 3. The average Bonchev–Trinajstić information content (AvgIpc) is 3.41. The van der Waals surface area contributed by atoms with Gasteiger partial charge in [0.2, 0.25) is 10.0 Å². The minimum Gasteiger partial charge on any atom is -0.490 e. The fraction of sp³-hybridized carbons (Fsp3) is 0.269. The highest BCUT2D eigenvalue weighted by molar-refractivity contribution is 7.89. The first-order valence-electron chi connectivity index (χ1n) is 11.4. The van der Waals surface area contributed by atoms with Crippen molar-refractivity contribution in [1.82, 2.24) is 4.72 Å². The molecule has 0 aliphatic carbocycles. The lowest BCUT2D eigenvalue weighted by Gasteiger charge is -2.13. The molecule has 0 spiro atoms. The van der Waals surface area contributed by atoms with Crippen LogP contribution >= 0.6 is 0 Å². The normalized spacial score (nSPS) is 15.5. The lowest BCUT2D eigenvalue weighted by molar-refractivity contribution is 0.102. The van der Waals surface area contributed by atoms with Crippen LogP contribution in [0.25, 0.3) is 0 Å². The molecule has 1 unspecified atom stereocenters. The van der Waals surface area contributed by atoms with Crippen LogP contribution in [-0.4, -0.2) is 46.8 Å². The second-order valence-corrected chi connectivity index (χ2v) is 9.74. The molecule has 8 nitrogen and oxygen atoms in total. The number of nitrogens with one attached hydrogen (secondary N) is 2. The van der Waals surface area contributed by atoms with Gasteiger partial charge in [0.15, 0.2) is 0 Å². The molecule has 1 heterocycles. The van der Waals surface area contributed by atoms with Crippen LogP contribution in [0, 0.1) is 0 Å². The summed E-state index contributed by atoms with van der Waals surface area (Å²) in [5, 5.41) is 2.78. The van der Waals surface area contributed by atoms with E-state index in [1.165, 1.54) is 12.1 Å². The highest BCUT2D eigenvalue weighted by atomic mass is 32.2. The molecule has 1 atom stereocenters. The lowest BCUT2D eigenvalue weighted by Crippen LogP contribution is -2.31. The summed E-state index contributed by atoms with van der Waals surface area (Å²) in [4.78, 5) is 13.0. The summed E-state index contributed by atoms with van der Waals surface area (Å²) in [6.45, 7) is 1.51. The predicted molar refractivity (Wildman–Crippen MR) is 132 cm³/mol. The Balaban J connectivity index is 1.32. The molecule has 1 amide bonds. The van der Waals surface area contributed by atoms with Crippen LogP contribution in [0.2, 0.25) is 0 Å². The van der Waals surface area contributed by atoms with Crippen LogP contribution in [0.3, 0.4) is 0 Å². The topological polar surface area (TPSA) is 103 Å². The molecule has 1 aliphatic heterocycles. The van der Waals surface area contributed by atoms with Gasteiger partial charge in [-0.15, -0.1) is 0 Å². The average molecular weight is 497 g/mol. The molecule has 0 bridgehead atoms. The van der Waals surface area contributed by atoms with Crippen LogP contribution in [-0.2, 0) is 14.8 Å². The number of para-hydroxylation sites is 2. The largest absolute Gasteiger partial charge is 0.490 e. The molecule has 3 aromatic carbocycles. The van der Waals surface area contributed by atoms with Gasteiger partial charge in [-0.05, 0) is 61.4 Å². The zero-order valence-electron chi connectivity index (χ0n) is 19.2. The van der Waals surface area contributed by atoms with Crippen molar-refractivity contribution in [2.24, 2.45) is 0 Å². The van der Waals surface area contributed by atoms with Crippen LogP contribution < -0.4 is 19.5 Å². The Morgan fingerprint density at radius 3 is 2.37 bits per heavy atom. The quantitative estimate of drug-likeness (QED) is 0.391. The number of hydrogen-bond donors (Lipinski definition) is 2. The highest BCUT2D eigenvalue weighted by Crippen LogP contribution is 2.21. The number of carbonyl (C=O) groups excluding carboxylic acids is 1. The first-order valence-corrected chi connectivity index (χ1v) is 12.9. The third-order valence-electron chi connectivity index (χ3n) is 5.43. The van der Waals surface area contributed by atoms with Gasteiger partial charge in [0, 0.05) is 18.8 Å². The molecule has 0 saturated carbocycles. The Labute approximate surface area is 205 Å². The Morgan fingerprint density at radius 1 is 0.914 bits per heavy atom. The molecule has 1 saturated heterocycles. The van der Waals surface area contributed by atoms with Gasteiger partial charge in [-0.25, -0.2) is 13.1 Å². The third kappa shape index (κ3) is 7.05. The Morgan fingerprint density at radius 2 is 1.63 bits per heavy atom. The van der Waals surface area contributed by atoms with Gasteiger partial charge in [0.25, 0.3) is 5.91 Å². The summed E-state index contributed by atoms with van der Waals surface area (Å²) in [5.41, 5.74) is 0.831. The zero-order chi connectivity index (χ0) is 24.5. The number of rotatable bonds is 11. The second-order valence-electron chi connectivity index (χ2n) is 7.97. The number of carbonyl (C=O) groups is 1. The first-order chi connectivity index (χ1) is 17.0. The molecule has 2 N–H and O–H groups in total. The van der Waals surface area contributed by atoms with E-state index in [1.54, 1.807) is 36.4 Å². The van der Waals surface area contributed by atoms with Crippen molar-refractivity contribution in [1.29, 1.82) is 0 Å². The van der Waals surface area contributed by atoms with Crippen molar-refractivity contribution < 1.29 is 27.4 Å². The number of sulfonamides is 1. The highest BCUT2D eigenvalue weighted by Gasteiger charge is 2.20. The van der Waals surface area contributed by atoms with Crippen molar-refractivity contribution in [2.45, 2.75) is 23.8 Å². The van der Waals surface area contributed by atoms with Gasteiger partial charge >= 0.3 is 0 Å². The third-order valence-corrected chi connectivity index (χ3v) is 6.87. The summed E-state index contributed by atoms with van der Waals surface area (Å²) in [6, 6.07) is 22.3. The van der Waals surface area contributed by atoms with Gasteiger partial charge in [-0.1, -0.05) is 30.3 Å². The van der Waals surface area contributed by atoms with Crippen LogP contribution in [0.4, 0.5) is 5.69 Å². The van der Waals surface area contributed by atoms with E-state index >= 15 is 0 Å². The van der Waals surface area contributed by atoms with E-state index in [0.717, 1.165) is 18.6 Å². The Hall–Kier alpha value is -3.40. The molecule has 3 aromatic rings. The lowest BCUT2D eigenvalue weighted by atomic mass is 10.2. The van der Waals surface area contributed by atoms with E-state index in [4.69, 9.17) is 14.2 Å². The maximum Gasteiger partial charge on any atom is 0.259 e. The summed E-state index contributed by atoms with van der Waals surface area (Å²) < 4.78 is 44.5. The van der Waals surface area contributed by atoms with Crippen molar-refractivity contribution in [3.05, 3.63) is 84.4 Å². The Bertz CT molecular complexity index is 1210. The first kappa shape index (κ1) is 24.7. The molecule has 184 valence electrons. The number of ether oxygens (including phenoxy) is 3. The molecule has 1 fully saturated rings. The minimum atomic E-state index is -3.66. The number of hydrogen-bond acceptors (Lipinski definition) is 6.